The van der Waals surface area contributed by atoms with Crippen molar-refractivity contribution in [3.8, 4) is 0 Å². The monoisotopic (exact) mass is 224 g/mol. The molecule has 1 aromatic rings. The Labute approximate surface area is 98.7 Å². The topological polar surface area (TPSA) is 0 Å². The molecule has 84 valence electrons. The highest BCUT2D eigenvalue weighted by Crippen LogP contribution is 2.24. The van der Waals surface area contributed by atoms with Crippen molar-refractivity contribution in [2.24, 2.45) is 11.8 Å². The zero-order valence-electron chi connectivity index (χ0n) is 9.75. The molecule has 0 amide bonds. The molecule has 15 heavy (non-hydrogen) atoms. The largest absolute Gasteiger partial charge is 0.126 e. The summed E-state index contributed by atoms with van der Waals surface area (Å²) in [7, 11) is 0. The third kappa shape index (κ3) is 3.87. The lowest BCUT2D eigenvalue weighted by atomic mass is 9.85. The van der Waals surface area contributed by atoms with E-state index in [9.17, 15) is 0 Å². The molecule has 1 aromatic carbocycles. The van der Waals surface area contributed by atoms with Crippen LogP contribution in [-0.2, 0) is 6.42 Å². The van der Waals surface area contributed by atoms with Crippen molar-refractivity contribution in [1.29, 1.82) is 0 Å². The predicted octanol–water partition coefficient (Wildman–Crippen LogP) is 4.52. The average molecular weight is 225 g/mol. The smallest absolute Gasteiger partial charge is 0.0257 e. The van der Waals surface area contributed by atoms with Gasteiger partial charge in [0.15, 0.2) is 0 Å². The standard InChI is InChI=1S/C14H21Cl/c1-3-13(4-2)14(11-15)10-12-8-6-5-7-9-12/h5-9,13-14H,3-4,10-11H2,1-2H3. The summed E-state index contributed by atoms with van der Waals surface area (Å²) in [6, 6.07) is 10.7. The lowest BCUT2D eigenvalue weighted by Crippen LogP contribution is -2.17. The first-order valence-electron chi connectivity index (χ1n) is 5.91. The molecule has 1 unspecified atom stereocenters. The Bertz CT molecular complexity index is 251. The molecule has 0 fully saturated rings. The van der Waals surface area contributed by atoms with Gasteiger partial charge < -0.3 is 0 Å². The molecule has 0 bridgehead atoms. The van der Waals surface area contributed by atoms with Crippen LogP contribution in [0.3, 0.4) is 0 Å². The van der Waals surface area contributed by atoms with E-state index in [-0.39, 0.29) is 0 Å². The fraction of sp³-hybridized carbons (Fsp3) is 0.571. The van der Waals surface area contributed by atoms with Gasteiger partial charge in [0.25, 0.3) is 0 Å². The van der Waals surface area contributed by atoms with Gasteiger partial charge in [-0.25, -0.2) is 0 Å². The Hall–Kier alpha value is -0.490. The molecule has 0 saturated carbocycles. The third-order valence-electron chi connectivity index (χ3n) is 3.25. The Morgan fingerprint density at radius 1 is 1.00 bits per heavy atom. The minimum absolute atomic E-state index is 0.629. The van der Waals surface area contributed by atoms with Crippen molar-refractivity contribution in [2.75, 3.05) is 5.88 Å². The summed E-state index contributed by atoms with van der Waals surface area (Å²) >= 11 is 6.07. The van der Waals surface area contributed by atoms with Gasteiger partial charge in [-0.2, -0.15) is 0 Å². The fourth-order valence-electron chi connectivity index (χ4n) is 2.22. The second kappa shape index (κ2) is 6.90. The predicted molar refractivity (Wildman–Crippen MR) is 68.4 cm³/mol. The van der Waals surface area contributed by atoms with E-state index in [0.717, 1.165) is 18.2 Å². The molecule has 0 heterocycles. The summed E-state index contributed by atoms with van der Waals surface area (Å²) in [4.78, 5) is 0. The molecular weight excluding hydrogens is 204 g/mol. The van der Waals surface area contributed by atoms with E-state index < -0.39 is 0 Å². The molecule has 0 radical (unpaired) electrons. The van der Waals surface area contributed by atoms with Crippen molar-refractivity contribution >= 4 is 11.6 Å². The van der Waals surface area contributed by atoms with E-state index in [1.807, 2.05) is 0 Å². The summed E-state index contributed by atoms with van der Waals surface area (Å²) in [6.45, 7) is 4.53. The molecule has 0 aliphatic carbocycles. The second-order valence-electron chi connectivity index (χ2n) is 4.18. The van der Waals surface area contributed by atoms with Crippen LogP contribution in [-0.4, -0.2) is 5.88 Å². The Morgan fingerprint density at radius 2 is 1.60 bits per heavy atom. The number of rotatable bonds is 6. The minimum atomic E-state index is 0.629. The lowest BCUT2D eigenvalue weighted by Gasteiger charge is -2.23. The van der Waals surface area contributed by atoms with Gasteiger partial charge in [0, 0.05) is 5.88 Å². The number of benzene rings is 1. The number of halogens is 1. The highest BCUT2D eigenvalue weighted by molar-refractivity contribution is 6.18. The van der Waals surface area contributed by atoms with E-state index in [2.05, 4.69) is 44.2 Å². The summed E-state index contributed by atoms with van der Waals surface area (Å²) in [6.07, 6.45) is 3.60. The van der Waals surface area contributed by atoms with Crippen LogP contribution in [0.5, 0.6) is 0 Å². The van der Waals surface area contributed by atoms with Crippen LogP contribution in [0.25, 0.3) is 0 Å². The molecule has 0 aliphatic heterocycles. The Balaban J connectivity index is 2.61. The van der Waals surface area contributed by atoms with Crippen LogP contribution < -0.4 is 0 Å². The Morgan fingerprint density at radius 3 is 2.07 bits per heavy atom. The normalized spacial score (nSPS) is 13.1. The van der Waals surface area contributed by atoms with E-state index in [1.54, 1.807) is 0 Å². The molecule has 1 atom stereocenters. The maximum atomic E-state index is 6.07. The van der Waals surface area contributed by atoms with Crippen molar-refractivity contribution < 1.29 is 0 Å². The van der Waals surface area contributed by atoms with E-state index >= 15 is 0 Å². The molecule has 0 nitrogen and oxygen atoms in total. The van der Waals surface area contributed by atoms with Crippen molar-refractivity contribution in [3.05, 3.63) is 35.9 Å². The number of alkyl halides is 1. The van der Waals surface area contributed by atoms with Crippen molar-refractivity contribution in [2.45, 2.75) is 33.1 Å². The van der Waals surface area contributed by atoms with Crippen LogP contribution in [0.4, 0.5) is 0 Å². The third-order valence-corrected chi connectivity index (χ3v) is 3.65. The van der Waals surface area contributed by atoms with Gasteiger partial charge >= 0.3 is 0 Å². The first-order valence-corrected chi connectivity index (χ1v) is 6.45. The van der Waals surface area contributed by atoms with Gasteiger partial charge in [0.2, 0.25) is 0 Å². The molecule has 0 aliphatic rings. The minimum Gasteiger partial charge on any atom is -0.126 e. The van der Waals surface area contributed by atoms with Crippen LogP contribution in [0.2, 0.25) is 0 Å². The first-order chi connectivity index (χ1) is 7.31. The fourth-order valence-corrected chi connectivity index (χ4v) is 2.58. The molecule has 0 saturated heterocycles. The summed E-state index contributed by atoms with van der Waals surface area (Å²) in [5.74, 6) is 2.17. The molecule has 1 heteroatoms. The zero-order valence-corrected chi connectivity index (χ0v) is 10.5. The van der Waals surface area contributed by atoms with Crippen molar-refractivity contribution in [1.82, 2.24) is 0 Å². The zero-order chi connectivity index (χ0) is 11.1. The summed E-state index contributed by atoms with van der Waals surface area (Å²) in [5, 5.41) is 0. The van der Waals surface area contributed by atoms with Gasteiger partial charge in [0.1, 0.15) is 0 Å². The van der Waals surface area contributed by atoms with E-state index in [4.69, 9.17) is 11.6 Å². The van der Waals surface area contributed by atoms with Gasteiger partial charge in [-0.3, -0.25) is 0 Å². The lowest BCUT2D eigenvalue weighted by molar-refractivity contribution is 0.339. The SMILES string of the molecule is CCC(CC)C(CCl)Cc1ccccc1. The first kappa shape index (κ1) is 12.6. The number of hydrogen-bond acceptors (Lipinski definition) is 0. The average Bonchev–Trinajstić information content (AvgIpc) is 2.30. The van der Waals surface area contributed by atoms with Crippen LogP contribution in [0.15, 0.2) is 30.3 Å². The number of hydrogen-bond donors (Lipinski definition) is 0. The van der Waals surface area contributed by atoms with E-state index in [1.165, 1.54) is 18.4 Å². The quantitative estimate of drug-likeness (QED) is 0.624. The van der Waals surface area contributed by atoms with Crippen LogP contribution >= 0.6 is 11.6 Å². The highest BCUT2D eigenvalue weighted by atomic mass is 35.5. The van der Waals surface area contributed by atoms with Gasteiger partial charge in [-0.05, 0) is 23.8 Å². The van der Waals surface area contributed by atoms with Gasteiger partial charge in [-0.15, -0.1) is 11.6 Å². The molecule has 0 spiro atoms. The maximum absolute atomic E-state index is 6.07. The molecule has 1 rings (SSSR count). The summed E-state index contributed by atoms with van der Waals surface area (Å²) < 4.78 is 0. The molecule has 0 N–H and O–H groups in total. The van der Waals surface area contributed by atoms with Gasteiger partial charge in [0.05, 0.1) is 0 Å². The maximum Gasteiger partial charge on any atom is 0.0257 e. The molecular formula is C14H21Cl. The van der Waals surface area contributed by atoms with Crippen molar-refractivity contribution in [3.63, 3.8) is 0 Å². The Kier molecular flexibility index (Phi) is 5.78. The highest BCUT2D eigenvalue weighted by Gasteiger charge is 2.17. The van der Waals surface area contributed by atoms with E-state index in [0.29, 0.717) is 5.92 Å². The van der Waals surface area contributed by atoms with Crippen LogP contribution in [0.1, 0.15) is 32.3 Å². The van der Waals surface area contributed by atoms with Gasteiger partial charge in [-0.1, -0.05) is 57.0 Å². The second-order valence-corrected chi connectivity index (χ2v) is 4.49. The van der Waals surface area contributed by atoms with Crippen LogP contribution in [0, 0.1) is 11.8 Å². The molecule has 0 aromatic heterocycles. The summed E-state index contributed by atoms with van der Waals surface area (Å²) in [5.41, 5.74) is 1.41.